The predicted octanol–water partition coefficient (Wildman–Crippen LogP) is 4.02. The van der Waals surface area contributed by atoms with Crippen molar-refractivity contribution in [3.05, 3.63) is 29.3 Å². The fourth-order valence-electron chi connectivity index (χ4n) is 3.46. The van der Waals surface area contributed by atoms with Crippen LogP contribution in [0.2, 0.25) is 0 Å². The first kappa shape index (κ1) is 13.0. The van der Waals surface area contributed by atoms with Crippen molar-refractivity contribution in [3.8, 4) is 5.75 Å². The van der Waals surface area contributed by atoms with Crippen LogP contribution in [0.1, 0.15) is 62.2 Å². The SMILES string of the molecule is OC(c1ccc2c(c1)CCCO2)C1CCCCCC1. The molecule has 1 saturated carbocycles. The highest BCUT2D eigenvalue weighted by atomic mass is 16.5. The number of hydrogen-bond acceptors (Lipinski definition) is 2. The fourth-order valence-corrected chi connectivity index (χ4v) is 3.46. The molecule has 1 aliphatic heterocycles. The average Bonchev–Trinajstić information content (AvgIpc) is 2.75. The number of aliphatic hydroxyl groups is 1. The Morgan fingerprint density at radius 1 is 1.05 bits per heavy atom. The summed E-state index contributed by atoms with van der Waals surface area (Å²) in [5.41, 5.74) is 2.37. The molecule has 2 aliphatic rings. The molecule has 1 atom stereocenters. The first-order valence-corrected chi connectivity index (χ1v) is 7.78. The maximum atomic E-state index is 10.6. The molecule has 0 amide bonds. The summed E-state index contributed by atoms with van der Waals surface area (Å²) in [6, 6.07) is 6.27. The van der Waals surface area contributed by atoms with Gasteiger partial charge >= 0.3 is 0 Å². The predicted molar refractivity (Wildman–Crippen MR) is 76.4 cm³/mol. The number of fused-ring (bicyclic) bond motifs is 1. The van der Waals surface area contributed by atoms with E-state index >= 15 is 0 Å². The molecule has 2 heteroatoms. The fraction of sp³-hybridized carbons (Fsp3) is 0.647. The molecular formula is C17H24O2. The van der Waals surface area contributed by atoms with Gasteiger partial charge in [0, 0.05) is 0 Å². The molecule has 0 aromatic heterocycles. The van der Waals surface area contributed by atoms with Crippen molar-refractivity contribution >= 4 is 0 Å². The van der Waals surface area contributed by atoms with Crippen LogP contribution in [0.5, 0.6) is 5.75 Å². The first-order chi connectivity index (χ1) is 9.34. The lowest BCUT2D eigenvalue weighted by atomic mass is 9.88. The Balaban J connectivity index is 1.76. The molecule has 2 nitrogen and oxygen atoms in total. The molecular weight excluding hydrogens is 236 g/mol. The summed E-state index contributed by atoms with van der Waals surface area (Å²) in [7, 11) is 0. The summed E-state index contributed by atoms with van der Waals surface area (Å²) >= 11 is 0. The molecule has 1 aliphatic carbocycles. The molecule has 19 heavy (non-hydrogen) atoms. The Kier molecular flexibility index (Phi) is 4.07. The van der Waals surface area contributed by atoms with Gasteiger partial charge in [0.1, 0.15) is 5.75 Å². The molecule has 1 N–H and O–H groups in total. The van der Waals surface area contributed by atoms with E-state index in [4.69, 9.17) is 4.74 Å². The molecule has 1 fully saturated rings. The number of aryl methyl sites for hydroxylation is 1. The van der Waals surface area contributed by atoms with Gasteiger partial charge < -0.3 is 9.84 Å². The van der Waals surface area contributed by atoms with Crippen LogP contribution < -0.4 is 4.74 Å². The van der Waals surface area contributed by atoms with Gasteiger partial charge in [0.25, 0.3) is 0 Å². The summed E-state index contributed by atoms with van der Waals surface area (Å²) in [5.74, 6) is 1.47. The largest absolute Gasteiger partial charge is 0.493 e. The molecule has 1 heterocycles. The summed E-state index contributed by atoms with van der Waals surface area (Å²) in [5, 5.41) is 10.6. The number of hydrogen-bond donors (Lipinski definition) is 1. The van der Waals surface area contributed by atoms with Crippen molar-refractivity contribution in [1.29, 1.82) is 0 Å². The zero-order valence-electron chi connectivity index (χ0n) is 11.6. The van der Waals surface area contributed by atoms with E-state index in [1.807, 2.05) is 6.07 Å². The molecule has 1 aromatic rings. The van der Waals surface area contributed by atoms with Crippen molar-refractivity contribution in [3.63, 3.8) is 0 Å². The summed E-state index contributed by atoms with van der Waals surface area (Å²) in [4.78, 5) is 0. The van der Waals surface area contributed by atoms with E-state index in [0.717, 1.165) is 30.8 Å². The molecule has 3 rings (SSSR count). The molecule has 0 radical (unpaired) electrons. The van der Waals surface area contributed by atoms with Crippen molar-refractivity contribution in [2.24, 2.45) is 5.92 Å². The minimum atomic E-state index is -0.287. The number of ether oxygens (including phenoxy) is 1. The third-order valence-corrected chi connectivity index (χ3v) is 4.62. The maximum absolute atomic E-state index is 10.6. The highest BCUT2D eigenvalue weighted by Gasteiger charge is 2.23. The monoisotopic (exact) mass is 260 g/mol. The maximum Gasteiger partial charge on any atom is 0.122 e. The van der Waals surface area contributed by atoms with Gasteiger partial charge in [-0.1, -0.05) is 31.7 Å². The third-order valence-electron chi connectivity index (χ3n) is 4.62. The van der Waals surface area contributed by atoms with E-state index in [0.29, 0.717) is 5.92 Å². The summed E-state index contributed by atoms with van der Waals surface area (Å²) < 4.78 is 5.64. The Labute approximate surface area is 115 Å². The lowest BCUT2D eigenvalue weighted by Crippen LogP contribution is -2.14. The Morgan fingerprint density at radius 3 is 2.63 bits per heavy atom. The van der Waals surface area contributed by atoms with Gasteiger partial charge in [-0.3, -0.25) is 0 Å². The highest BCUT2D eigenvalue weighted by Crippen LogP contribution is 2.35. The molecule has 1 aromatic carbocycles. The van der Waals surface area contributed by atoms with Crippen LogP contribution in [0, 0.1) is 5.92 Å². The minimum absolute atomic E-state index is 0.287. The van der Waals surface area contributed by atoms with E-state index in [1.165, 1.54) is 44.1 Å². The Bertz CT molecular complexity index is 419. The van der Waals surface area contributed by atoms with Gasteiger partial charge in [-0.2, -0.15) is 0 Å². The lowest BCUT2D eigenvalue weighted by Gasteiger charge is -2.24. The number of rotatable bonds is 2. The van der Waals surface area contributed by atoms with Crippen LogP contribution in [0.4, 0.5) is 0 Å². The van der Waals surface area contributed by atoms with Crippen molar-refractivity contribution < 1.29 is 9.84 Å². The molecule has 1 unspecified atom stereocenters. The van der Waals surface area contributed by atoms with Crippen LogP contribution in [-0.2, 0) is 6.42 Å². The van der Waals surface area contributed by atoms with Gasteiger partial charge in [-0.25, -0.2) is 0 Å². The molecule has 0 spiro atoms. The van der Waals surface area contributed by atoms with Crippen LogP contribution in [-0.4, -0.2) is 11.7 Å². The third kappa shape index (κ3) is 2.94. The van der Waals surface area contributed by atoms with E-state index in [2.05, 4.69) is 12.1 Å². The second kappa shape index (κ2) is 5.96. The van der Waals surface area contributed by atoms with Gasteiger partial charge in [0.2, 0.25) is 0 Å². The van der Waals surface area contributed by atoms with E-state index in [1.54, 1.807) is 0 Å². The first-order valence-electron chi connectivity index (χ1n) is 7.78. The second-order valence-electron chi connectivity index (χ2n) is 6.02. The van der Waals surface area contributed by atoms with Crippen molar-refractivity contribution in [2.45, 2.75) is 57.5 Å². The lowest BCUT2D eigenvalue weighted by molar-refractivity contribution is 0.0986. The molecule has 0 saturated heterocycles. The standard InChI is InChI=1S/C17H24O2/c18-17(13-6-3-1-2-4-7-13)15-9-10-16-14(12-15)8-5-11-19-16/h9-10,12-13,17-18H,1-8,11H2. The Morgan fingerprint density at radius 2 is 1.84 bits per heavy atom. The van der Waals surface area contributed by atoms with Crippen LogP contribution in [0.15, 0.2) is 18.2 Å². The highest BCUT2D eigenvalue weighted by molar-refractivity contribution is 5.39. The van der Waals surface area contributed by atoms with Gasteiger partial charge in [0.15, 0.2) is 0 Å². The quantitative estimate of drug-likeness (QED) is 0.814. The number of aliphatic hydroxyl groups excluding tert-OH is 1. The van der Waals surface area contributed by atoms with Crippen LogP contribution >= 0.6 is 0 Å². The van der Waals surface area contributed by atoms with Gasteiger partial charge in [0.05, 0.1) is 12.7 Å². The zero-order chi connectivity index (χ0) is 13.1. The number of benzene rings is 1. The van der Waals surface area contributed by atoms with E-state index in [9.17, 15) is 5.11 Å². The van der Waals surface area contributed by atoms with Crippen LogP contribution in [0.3, 0.4) is 0 Å². The summed E-state index contributed by atoms with van der Waals surface area (Å²) in [6.07, 6.45) is 9.46. The Hall–Kier alpha value is -1.02. The smallest absolute Gasteiger partial charge is 0.122 e. The zero-order valence-corrected chi connectivity index (χ0v) is 11.6. The van der Waals surface area contributed by atoms with E-state index < -0.39 is 0 Å². The second-order valence-corrected chi connectivity index (χ2v) is 6.02. The van der Waals surface area contributed by atoms with Crippen molar-refractivity contribution in [2.75, 3.05) is 6.61 Å². The van der Waals surface area contributed by atoms with E-state index in [-0.39, 0.29) is 6.10 Å². The average molecular weight is 260 g/mol. The van der Waals surface area contributed by atoms with Gasteiger partial charge in [-0.05, 0) is 54.9 Å². The normalized spacial score (nSPS) is 22.2. The summed E-state index contributed by atoms with van der Waals surface area (Å²) in [6.45, 7) is 0.831. The van der Waals surface area contributed by atoms with Crippen LogP contribution in [0.25, 0.3) is 0 Å². The topological polar surface area (TPSA) is 29.5 Å². The van der Waals surface area contributed by atoms with Gasteiger partial charge in [-0.15, -0.1) is 0 Å². The molecule has 0 bridgehead atoms. The minimum Gasteiger partial charge on any atom is -0.493 e. The molecule has 104 valence electrons. The van der Waals surface area contributed by atoms with Crippen molar-refractivity contribution in [1.82, 2.24) is 0 Å².